The van der Waals surface area contributed by atoms with Crippen LogP contribution in [0.5, 0.6) is 0 Å². The number of rotatable bonds is 1. The van der Waals surface area contributed by atoms with E-state index in [4.69, 9.17) is 0 Å². The summed E-state index contributed by atoms with van der Waals surface area (Å²) < 4.78 is 1.70. The maximum atomic E-state index is 9.24. The van der Waals surface area contributed by atoms with Gasteiger partial charge in [-0.15, -0.1) is 0 Å². The molecule has 0 N–H and O–H groups in total. The van der Waals surface area contributed by atoms with E-state index >= 15 is 0 Å². The van der Waals surface area contributed by atoms with E-state index in [-0.39, 0.29) is 0 Å². The second-order valence-corrected chi connectivity index (χ2v) is 3.58. The highest BCUT2D eigenvalue weighted by Crippen LogP contribution is 2.23. The van der Waals surface area contributed by atoms with Gasteiger partial charge in [0, 0.05) is 12.4 Å². The van der Waals surface area contributed by atoms with Crippen molar-refractivity contribution in [1.29, 1.82) is 5.26 Å². The molecule has 0 saturated carbocycles. The summed E-state index contributed by atoms with van der Waals surface area (Å²) >= 11 is 0. The minimum absolute atomic E-state index is 0.560. The SMILES string of the molecule is N#Cc1c(-c2ccccn2)nn2ccccc12. The predicted molar refractivity (Wildman–Crippen MR) is 63.1 cm³/mol. The quantitative estimate of drug-likeness (QED) is 0.632. The van der Waals surface area contributed by atoms with E-state index < -0.39 is 0 Å². The van der Waals surface area contributed by atoms with Crippen LogP contribution in [-0.4, -0.2) is 14.6 Å². The fourth-order valence-corrected chi connectivity index (χ4v) is 1.79. The zero-order valence-electron chi connectivity index (χ0n) is 8.91. The summed E-state index contributed by atoms with van der Waals surface area (Å²) in [6.07, 6.45) is 3.52. The van der Waals surface area contributed by atoms with Gasteiger partial charge in [0.1, 0.15) is 17.3 Å². The van der Waals surface area contributed by atoms with Crippen molar-refractivity contribution >= 4 is 5.52 Å². The Morgan fingerprint density at radius 2 is 2.00 bits per heavy atom. The van der Waals surface area contributed by atoms with Crippen molar-refractivity contribution in [3.8, 4) is 17.5 Å². The molecule has 0 fully saturated rings. The van der Waals surface area contributed by atoms with Crippen LogP contribution in [0.3, 0.4) is 0 Å². The Kier molecular flexibility index (Phi) is 2.09. The first-order valence-electron chi connectivity index (χ1n) is 5.19. The Morgan fingerprint density at radius 1 is 1.12 bits per heavy atom. The minimum atomic E-state index is 0.560. The van der Waals surface area contributed by atoms with Gasteiger partial charge >= 0.3 is 0 Å². The highest BCUT2D eigenvalue weighted by Gasteiger charge is 2.14. The molecule has 17 heavy (non-hydrogen) atoms. The number of aromatic nitrogens is 3. The topological polar surface area (TPSA) is 54.0 Å². The van der Waals surface area contributed by atoms with E-state index in [1.165, 1.54) is 0 Å². The van der Waals surface area contributed by atoms with Crippen molar-refractivity contribution in [3.63, 3.8) is 0 Å². The van der Waals surface area contributed by atoms with Crippen LogP contribution in [0, 0.1) is 11.3 Å². The zero-order valence-corrected chi connectivity index (χ0v) is 8.91. The molecule has 0 aliphatic carbocycles. The molecule has 3 heterocycles. The summed E-state index contributed by atoms with van der Waals surface area (Å²) in [5, 5.41) is 13.6. The van der Waals surface area contributed by atoms with Crippen molar-refractivity contribution in [3.05, 3.63) is 54.4 Å². The van der Waals surface area contributed by atoms with Crippen molar-refractivity contribution < 1.29 is 0 Å². The fourth-order valence-electron chi connectivity index (χ4n) is 1.79. The van der Waals surface area contributed by atoms with Gasteiger partial charge in [-0.3, -0.25) is 4.98 Å². The van der Waals surface area contributed by atoms with E-state index in [9.17, 15) is 5.26 Å². The number of fused-ring (bicyclic) bond motifs is 1. The molecule has 4 heteroatoms. The Labute approximate surface area is 97.8 Å². The second-order valence-electron chi connectivity index (χ2n) is 3.58. The average molecular weight is 220 g/mol. The standard InChI is InChI=1S/C13H8N4/c14-9-10-12-6-2-4-8-17(12)16-13(10)11-5-1-3-7-15-11/h1-8H. The smallest absolute Gasteiger partial charge is 0.130 e. The molecular weight excluding hydrogens is 212 g/mol. The maximum absolute atomic E-state index is 9.24. The van der Waals surface area contributed by atoms with E-state index in [1.807, 2.05) is 42.6 Å². The molecule has 0 saturated heterocycles. The number of nitriles is 1. The van der Waals surface area contributed by atoms with Crippen molar-refractivity contribution in [1.82, 2.24) is 14.6 Å². The van der Waals surface area contributed by atoms with Gasteiger partial charge in [0.25, 0.3) is 0 Å². The summed E-state index contributed by atoms with van der Waals surface area (Å²) in [7, 11) is 0. The monoisotopic (exact) mass is 220 g/mol. The van der Waals surface area contributed by atoms with Gasteiger partial charge < -0.3 is 0 Å². The zero-order chi connectivity index (χ0) is 11.7. The third-order valence-corrected chi connectivity index (χ3v) is 2.56. The lowest BCUT2D eigenvalue weighted by molar-refractivity contribution is 0.962. The van der Waals surface area contributed by atoms with Crippen LogP contribution in [0.25, 0.3) is 16.9 Å². The molecule has 80 valence electrons. The molecule has 0 amide bonds. The van der Waals surface area contributed by atoms with E-state index in [2.05, 4.69) is 16.2 Å². The van der Waals surface area contributed by atoms with Gasteiger partial charge in [0.15, 0.2) is 0 Å². The minimum Gasteiger partial charge on any atom is -0.254 e. The van der Waals surface area contributed by atoms with Crippen LogP contribution in [0.15, 0.2) is 48.8 Å². The molecule has 4 nitrogen and oxygen atoms in total. The summed E-state index contributed by atoms with van der Waals surface area (Å²) in [6, 6.07) is 13.4. The number of pyridine rings is 2. The Hall–Kier alpha value is -2.67. The van der Waals surface area contributed by atoms with Crippen LogP contribution >= 0.6 is 0 Å². The third kappa shape index (κ3) is 1.45. The van der Waals surface area contributed by atoms with Crippen molar-refractivity contribution in [2.75, 3.05) is 0 Å². The predicted octanol–water partition coefficient (Wildman–Crippen LogP) is 2.27. The Balaban J connectivity index is 2.35. The van der Waals surface area contributed by atoms with Crippen LogP contribution in [0.4, 0.5) is 0 Å². The Bertz CT molecular complexity index is 707. The lowest BCUT2D eigenvalue weighted by Crippen LogP contribution is -1.86. The fraction of sp³-hybridized carbons (Fsp3) is 0. The molecule has 0 atom stereocenters. The van der Waals surface area contributed by atoms with Crippen molar-refractivity contribution in [2.24, 2.45) is 0 Å². The first kappa shape index (κ1) is 9.55. The lowest BCUT2D eigenvalue weighted by atomic mass is 10.1. The average Bonchev–Trinajstić information content (AvgIpc) is 2.78. The maximum Gasteiger partial charge on any atom is 0.130 e. The highest BCUT2D eigenvalue weighted by molar-refractivity contribution is 5.75. The molecule has 0 spiro atoms. The first-order valence-corrected chi connectivity index (χ1v) is 5.19. The molecule has 0 aromatic carbocycles. The van der Waals surface area contributed by atoms with Gasteiger partial charge in [-0.1, -0.05) is 12.1 Å². The van der Waals surface area contributed by atoms with E-state index in [0.717, 1.165) is 5.52 Å². The normalized spacial score (nSPS) is 10.3. The summed E-state index contributed by atoms with van der Waals surface area (Å²) in [5.41, 5.74) is 2.70. The van der Waals surface area contributed by atoms with Crippen LogP contribution < -0.4 is 0 Å². The molecule has 3 aromatic heterocycles. The molecule has 0 aliphatic heterocycles. The molecule has 3 rings (SSSR count). The van der Waals surface area contributed by atoms with Gasteiger partial charge in [0.05, 0.1) is 11.2 Å². The Morgan fingerprint density at radius 3 is 2.76 bits per heavy atom. The highest BCUT2D eigenvalue weighted by atomic mass is 15.2. The van der Waals surface area contributed by atoms with Gasteiger partial charge in [-0.05, 0) is 24.3 Å². The molecule has 3 aromatic rings. The number of hydrogen-bond acceptors (Lipinski definition) is 3. The van der Waals surface area contributed by atoms with Gasteiger partial charge in [-0.25, -0.2) is 4.52 Å². The molecular formula is C13H8N4. The van der Waals surface area contributed by atoms with Crippen LogP contribution in [0.1, 0.15) is 5.56 Å². The van der Waals surface area contributed by atoms with E-state index in [1.54, 1.807) is 10.7 Å². The van der Waals surface area contributed by atoms with Gasteiger partial charge in [0.2, 0.25) is 0 Å². The summed E-state index contributed by atoms with van der Waals surface area (Å²) in [4.78, 5) is 4.23. The van der Waals surface area contributed by atoms with Crippen molar-refractivity contribution in [2.45, 2.75) is 0 Å². The molecule has 0 aliphatic rings. The largest absolute Gasteiger partial charge is 0.254 e. The lowest BCUT2D eigenvalue weighted by Gasteiger charge is -1.93. The number of nitrogens with zero attached hydrogens (tertiary/aromatic N) is 4. The second kappa shape index (κ2) is 3.72. The van der Waals surface area contributed by atoms with Crippen LogP contribution in [-0.2, 0) is 0 Å². The van der Waals surface area contributed by atoms with Gasteiger partial charge in [-0.2, -0.15) is 10.4 Å². The van der Waals surface area contributed by atoms with Crippen LogP contribution in [0.2, 0.25) is 0 Å². The number of hydrogen-bond donors (Lipinski definition) is 0. The molecule has 0 unspecified atom stereocenters. The summed E-state index contributed by atoms with van der Waals surface area (Å²) in [5.74, 6) is 0. The first-order chi connectivity index (χ1) is 8.40. The third-order valence-electron chi connectivity index (χ3n) is 2.56. The molecule has 0 radical (unpaired) electrons. The summed E-state index contributed by atoms with van der Waals surface area (Å²) in [6.45, 7) is 0. The molecule has 0 bridgehead atoms. The van der Waals surface area contributed by atoms with E-state index in [0.29, 0.717) is 17.0 Å².